The number of nitrogens with one attached hydrogen (secondary N) is 1. The van der Waals surface area contributed by atoms with Gasteiger partial charge in [0.2, 0.25) is 5.91 Å². The van der Waals surface area contributed by atoms with Gasteiger partial charge in [-0.05, 0) is 56.6 Å². The average Bonchev–Trinajstić information content (AvgIpc) is 3.23. The first kappa shape index (κ1) is 18.0. The van der Waals surface area contributed by atoms with Gasteiger partial charge in [-0.1, -0.05) is 25.7 Å². The van der Waals surface area contributed by atoms with Crippen molar-refractivity contribution in [3.05, 3.63) is 21.4 Å². The van der Waals surface area contributed by atoms with Crippen molar-refractivity contribution in [1.29, 1.82) is 0 Å². The Hall–Kier alpha value is -1.36. The van der Waals surface area contributed by atoms with Crippen molar-refractivity contribution in [1.82, 2.24) is 10.2 Å². The van der Waals surface area contributed by atoms with Crippen molar-refractivity contribution >= 4 is 23.2 Å². The SMILES string of the molecule is O=C(NC1CCCC1)[C@H]1CCc2sc(C(=O)N3CCCCCC3)cc2C1. The smallest absolute Gasteiger partial charge is 0.263 e. The minimum atomic E-state index is 0.0823. The van der Waals surface area contributed by atoms with Gasteiger partial charge in [0.1, 0.15) is 0 Å². The molecular weight excluding hydrogens is 344 g/mol. The number of fused-ring (bicyclic) bond motifs is 1. The molecule has 4 nitrogen and oxygen atoms in total. The van der Waals surface area contributed by atoms with Crippen molar-refractivity contribution in [2.45, 2.75) is 76.7 Å². The van der Waals surface area contributed by atoms with Crippen LogP contribution < -0.4 is 5.32 Å². The van der Waals surface area contributed by atoms with Crippen molar-refractivity contribution < 1.29 is 9.59 Å². The molecule has 1 saturated carbocycles. The highest BCUT2D eigenvalue weighted by Crippen LogP contribution is 2.33. The van der Waals surface area contributed by atoms with Gasteiger partial charge < -0.3 is 10.2 Å². The Morgan fingerprint density at radius 3 is 2.46 bits per heavy atom. The van der Waals surface area contributed by atoms with Crippen LogP contribution in [0.1, 0.15) is 77.9 Å². The molecule has 2 amide bonds. The first-order valence-corrected chi connectivity index (χ1v) is 11.2. The number of nitrogens with zero attached hydrogens (tertiary/aromatic N) is 1. The van der Waals surface area contributed by atoms with E-state index in [0.717, 1.165) is 62.9 Å². The molecule has 3 aliphatic rings. The fraction of sp³-hybridized carbons (Fsp3) is 0.714. The van der Waals surface area contributed by atoms with Gasteiger partial charge in [0.05, 0.1) is 4.88 Å². The first-order valence-electron chi connectivity index (χ1n) is 10.4. The predicted molar refractivity (Wildman–Crippen MR) is 105 cm³/mol. The normalized spacial score (nSPS) is 24.2. The van der Waals surface area contributed by atoms with Crippen LogP contribution in [0.4, 0.5) is 0 Å². The van der Waals surface area contributed by atoms with Crippen LogP contribution in [0.3, 0.4) is 0 Å². The van der Waals surface area contributed by atoms with E-state index in [9.17, 15) is 9.59 Å². The van der Waals surface area contributed by atoms with Crippen molar-refractivity contribution in [3.63, 3.8) is 0 Å². The summed E-state index contributed by atoms with van der Waals surface area (Å²) in [7, 11) is 0. The van der Waals surface area contributed by atoms with Crippen LogP contribution in [0.5, 0.6) is 0 Å². The molecule has 1 saturated heterocycles. The Labute approximate surface area is 160 Å². The highest BCUT2D eigenvalue weighted by molar-refractivity contribution is 7.14. The maximum Gasteiger partial charge on any atom is 0.263 e. The van der Waals surface area contributed by atoms with Gasteiger partial charge >= 0.3 is 0 Å². The number of likely N-dealkylation sites (tertiary alicyclic amines) is 1. The Kier molecular flexibility index (Phi) is 5.63. The highest BCUT2D eigenvalue weighted by Gasteiger charge is 2.30. The van der Waals surface area contributed by atoms with Crippen molar-refractivity contribution in [2.24, 2.45) is 5.92 Å². The Morgan fingerprint density at radius 2 is 1.73 bits per heavy atom. The second kappa shape index (κ2) is 8.12. The van der Waals surface area contributed by atoms with Crippen LogP contribution in [-0.2, 0) is 17.6 Å². The summed E-state index contributed by atoms with van der Waals surface area (Å²) in [5.74, 6) is 0.520. The lowest BCUT2D eigenvalue weighted by molar-refractivity contribution is -0.126. The second-order valence-electron chi connectivity index (χ2n) is 8.20. The summed E-state index contributed by atoms with van der Waals surface area (Å²) in [6.45, 7) is 1.79. The molecule has 0 bridgehead atoms. The first-order chi connectivity index (χ1) is 12.7. The summed E-state index contributed by atoms with van der Waals surface area (Å²) in [5.41, 5.74) is 1.24. The van der Waals surface area contributed by atoms with E-state index in [1.165, 1.54) is 36.1 Å². The maximum atomic E-state index is 12.9. The summed E-state index contributed by atoms with van der Waals surface area (Å²) >= 11 is 1.67. The van der Waals surface area contributed by atoms with Crippen LogP contribution in [0.15, 0.2) is 6.07 Å². The van der Waals surface area contributed by atoms with Crippen LogP contribution in [-0.4, -0.2) is 35.8 Å². The van der Waals surface area contributed by atoms with E-state index in [4.69, 9.17) is 0 Å². The molecule has 0 radical (unpaired) electrons. The molecule has 5 heteroatoms. The van der Waals surface area contributed by atoms with Gasteiger partial charge in [0.15, 0.2) is 0 Å². The maximum absolute atomic E-state index is 12.9. The van der Waals surface area contributed by atoms with E-state index in [1.54, 1.807) is 11.3 Å². The van der Waals surface area contributed by atoms with Crippen molar-refractivity contribution in [3.8, 4) is 0 Å². The number of amides is 2. The largest absolute Gasteiger partial charge is 0.353 e. The lowest BCUT2D eigenvalue weighted by Gasteiger charge is -2.23. The van der Waals surface area contributed by atoms with Gasteiger partial charge in [-0.2, -0.15) is 0 Å². The van der Waals surface area contributed by atoms with Gasteiger partial charge in [-0.25, -0.2) is 0 Å². The van der Waals surface area contributed by atoms with E-state index in [0.29, 0.717) is 6.04 Å². The summed E-state index contributed by atoms with van der Waals surface area (Å²) in [5, 5.41) is 3.26. The summed E-state index contributed by atoms with van der Waals surface area (Å²) < 4.78 is 0. The molecule has 142 valence electrons. The lowest BCUT2D eigenvalue weighted by Crippen LogP contribution is -2.39. The monoisotopic (exact) mass is 374 g/mol. The summed E-state index contributed by atoms with van der Waals surface area (Å²) in [6.07, 6.45) is 12.1. The van der Waals surface area contributed by atoms with E-state index in [2.05, 4.69) is 11.4 Å². The zero-order valence-electron chi connectivity index (χ0n) is 15.6. The van der Waals surface area contributed by atoms with Crippen LogP contribution in [0.2, 0.25) is 0 Å². The standard InChI is InChI=1S/C21H30N2O2S/c24-20(22-17-7-3-4-8-17)15-9-10-18-16(13-15)14-19(26-18)21(25)23-11-5-1-2-6-12-23/h14-15,17H,1-13H2,(H,22,24)/t15-/m0/s1. The minimum Gasteiger partial charge on any atom is -0.353 e. The number of rotatable bonds is 3. The molecule has 4 rings (SSSR count). The molecule has 2 heterocycles. The topological polar surface area (TPSA) is 49.4 Å². The number of hydrogen-bond donors (Lipinski definition) is 1. The Morgan fingerprint density at radius 1 is 1.00 bits per heavy atom. The van der Waals surface area contributed by atoms with Crippen LogP contribution in [0, 0.1) is 5.92 Å². The van der Waals surface area contributed by atoms with E-state index < -0.39 is 0 Å². The lowest BCUT2D eigenvalue weighted by atomic mass is 9.87. The molecule has 1 atom stereocenters. The molecule has 1 aromatic heterocycles. The fourth-order valence-electron chi connectivity index (χ4n) is 4.67. The third-order valence-electron chi connectivity index (χ3n) is 6.26. The van der Waals surface area contributed by atoms with Gasteiger partial charge in [-0.3, -0.25) is 9.59 Å². The molecule has 1 aliphatic heterocycles. The van der Waals surface area contributed by atoms with Crippen molar-refractivity contribution in [2.75, 3.05) is 13.1 Å². The predicted octanol–water partition coefficient (Wildman–Crippen LogP) is 3.93. The molecule has 26 heavy (non-hydrogen) atoms. The quantitative estimate of drug-likeness (QED) is 0.871. The zero-order chi connectivity index (χ0) is 17.9. The fourth-order valence-corrected chi connectivity index (χ4v) is 5.85. The molecule has 0 aromatic carbocycles. The third kappa shape index (κ3) is 3.98. The number of aryl methyl sites for hydroxylation is 1. The average molecular weight is 375 g/mol. The Bertz CT molecular complexity index is 655. The van der Waals surface area contributed by atoms with Crippen LogP contribution in [0.25, 0.3) is 0 Å². The highest BCUT2D eigenvalue weighted by atomic mass is 32.1. The molecule has 2 aliphatic carbocycles. The van der Waals surface area contributed by atoms with E-state index in [1.807, 2.05) is 4.90 Å². The second-order valence-corrected chi connectivity index (χ2v) is 9.33. The summed E-state index contributed by atoms with van der Waals surface area (Å²) in [4.78, 5) is 29.7. The number of thiophene rings is 1. The van der Waals surface area contributed by atoms with E-state index >= 15 is 0 Å². The molecule has 0 spiro atoms. The molecule has 1 N–H and O–H groups in total. The van der Waals surface area contributed by atoms with Gasteiger partial charge in [0, 0.05) is 29.9 Å². The minimum absolute atomic E-state index is 0.0823. The van der Waals surface area contributed by atoms with E-state index in [-0.39, 0.29) is 17.7 Å². The van der Waals surface area contributed by atoms with Gasteiger partial charge in [0.25, 0.3) is 5.91 Å². The molecular formula is C21H30N2O2S. The summed E-state index contributed by atoms with van der Waals surface area (Å²) in [6, 6.07) is 2.48. The number of hydrogen-bond acceptors (Lipinski definition) is 3. The van der Waals surface area contributed by atoms with Gasteiger partial charge in [-0.15, -0.1) is 11.3 Å². The number of carbonyl (C=O) groups excluding carboxylic acids is 2. The third-order valence-corrected chi connectivity index (χ3v) is 7.48. The zero-order valence-corrected chi connectivity index (χ0v) is 16.4. The molecule has 0 unspecified atom stereocenters. The number of carbonyl (C=O) groups is 2. The molecule has 2 fully saturated rings. The van der Waals surface area contributed by atoms with Crippen LogP contribution >= 0.6 is 11.3 Å². The molecule has 1 aromatic rings. The Balaban J connectivity index is 1.40.